The second-order valence-corrected chi connectivity index (χ2v) is 5.48. The predicted molar refractivity (Wildman–Crippen MR) is 67.0 cm³/mol. The highest BCUT2D eigenvalue weighted by atomic mass is 32.1. The van der Waals surface area contributed by atoms with Crippen molar-refractivity contribution in [1.82, 2.24) is 15.5 Å². The van der Waals surface area contributed by atoms with Gasteiger partial charge in [0.1, 0.15) is 16.6 Å². The van der Waals surface area contributed by atoms with Crippen LogP contribution in [0.5, 0.6) is 0 Å². The molecule has 0 aliphatic carbocycles. The molecule has 1 aromatic rings. The molecule has 0 aliphatic rings. The Morgan fingerprint density at radius 1 is 1.28 bits per heavy atom. The molecule has 1 N–H and O–H groups in total. The summed E-state index contributed by atoms with van der Waals surface area (Å²) in [6.07, 6.45) is -1.87. The largest absolute Gasteiger partial charge is 0.375 e. The van der Waals surface area contributed by atoms with Crippen LogP contribution in [0.15, 0.2) is 0 Å². The fourth-order valence-electron chi connectivity index (χ4n) is 1.26. The van der Waals surface area contributed by atoms with Gasteiger partial charge in [0.25, 0.3) is 6.43 Å². The number of alkyl halides is 2. The van der Waals surface area contributed by atoms with Gasteiger partial charge in [-0.25, -0.2) is 8.78 Å². The Kier molecular flexibility index (Phi) is 7.22. The van der Waals surface area contributed by atoms with Crippen molar-refractivity contribution in [3.05, 3.63) is 10.0 Å². The van der Waals surface area contributed by atoms with E-state index in [9.17, 15) is 8.78 Å². The number of nitrogens with zero attached hydrogens (tertiary/aromatic N) is 2. The van der Waals surface area contributed by atoms with Crippen molar-refractivity contribution in [2.24, 2.45) is 5.92 Å². The van der Waals surface area contributed by atoms with Gasteiger partial charge in [0.15, 0.2) is 0 Å². The van der Waals surface area contributed by atoms with Gasteiger partial charge in [-0.2, -0.15) is 0 Å². The number of rotatable bonds is 9. The quantitative estimate of drug-likeness (QED) is 0.703. The summed E-state index contributed by atoms with van der Waals surface area (Å²) in [5.74, 6) is 0.597. The molecule has 7 heteroatoms. The van der Waals surface area contributed by atoms with Crippen LogP contribution in [0.1, 0.15) is 23.9 Å². The molecule has 4 nitrogen and oxygen atoms in total. The molecule has 0 atom stereocenters. The summed E-state index contributed by atoms with van der Waals surface area (Å²) in [6.45, 7) is 5.66. The van der Waals surface area contributed by atoms with Gasteiger partial charge in [-0.3, -0.25) is 0 Å². The van der Waals surface area contributed by atoms with E-state index in [0.717, 1.165) is 16.6 Å². The van der Waals surface area contributed by atoms with Gasteiger partial charge in [0.05, 0.1) is 6.61 Å². The van der Waals surface area contributed by atoms with E-state index in [0.29, 0.717) is 18.9 Å². The van der Waals surface area contributed by atoms with Crippen LogP contribution < -0.4 is 5.32 Å². The summed E-state index contributed by atoms with van der Waals surface area (Å²) < 4.78 is 28.4. The van der Waals surface area contributed by atoms with Crippen LogP contribution in [0.2, 0.25) is 0 Å². The molecule has 0 amide bonds. The van der Waals surface area contributed by atoms with Crippen molar-refractivity contribution in [3.8, 4) is 0 Å². The Balaban J connectivity index is 2.17. The van der Waals surface area contributed by atoms with Crippen LogP contribution in [0.3, 0.4) is 0 Å². The first-order chi connectivity index (χ1) is 8.58. The van der Waals surface area contributed by atoms with Crippen LogP contribution in [0, 0.1) is 5.92 Å². The Hall–Kier alpha value is -0.660. The van der Waals surface area contributed by atoms with Crippen molar-refractivity contribution in [2.75, 3.05) is 19.8 Å². The van der Waals surface area contributed by atoms with Crippen molar-refractivity contribution in [1.29, 1.82) is 0 Å². The van der Waals surface area contributed by atoms with Gasteiger partial charge in [0.2, 0.25) is 0 Å². The van der Waals surface area contributed by atoms with Crippen LogP contribution >= 0.6 is 11.3 Å². The molecule has 1 rings (SSSR count). The standard InChI is InChI=1S/C11H19F2N3OS/c1-8(2)5-14-6-11-16-15-10(18-11)3-4-17-7-9(12)13/h8-9,14H,3-7H2,1-2H3. The van der Waals surface area contributed by atoms with E-state index in [-0.39, 0.29) is 6.61 Å². The number of hydrogen-bond acceptors (Lipinski definition) is 5. The first-order valence-electron chi connectivity index (χ1n) is 5.95. The molecule has 1 heterocycles. The van der Waals surface area contributed by atoms with Crippen LogP contribution in [0.4, 0.5) is 8.78 Å². The lowest BCUT2D eigenvalue weighted by Crippen LogP contribution is -2.18. The lowest BCUT2D eigenvalue weighted by atomic mass is 10.2. The van der Waals surface area contributed by atoms with Crippen molar-refractivity contribution in [3.63, 3.8) is 0 Å². The SMILES string of the molecule is CC(C)CNCc1nnc(CCOCC(F)F)s1. The maximum atomic E-state index is 11.8. The molecular formula is C11H19F2N3OS. The Morgan fingerprint density at radius 3 is 2.67 bits per heavy atom. The molecule has 0 bridgehead atoms. The average molecular weight is 279 g/mol. The summed E-state index contributed by atoms with van der Waals surface area (Å²) in [7, 11) is 0. The van der Waals surface area contributed by atoms with Gasteiger partial charge >= 0.3 is 0 Å². The van der Waals surface area contributed by atoms with Gasteiger partial charge in [-0.1, -0.05) is 13.8 Å². The van der Waals surface area contributed by atoms with Crippen molar-refractivity contribution < 1.29 is 13.5 Å². The maximum Gasteiger partial charge on any atom is 0.261 e. The van der Waals surface area contributed by atoms with E-state index in [1.165, 1.54) is 11.3 Å². The van der Waals surface area contributed by atoms with E-state index >= 15 is 0 Å². The molecule has 0 fully saturated rings. The molecule has 18 heavy (non-hydrogen) atoms. The maximum absolute atomic E-state index is 11.8. The topological polar surface area (TPSA) is 47.0 Å². The number of aromatic nitrogens is 2. The Bertz CT molecular complexity index is 334. The molecule has 0 aromatic carbocycles. The van der Waals surface area contributed by atoms with Crippen LogP contribution in [-0.2, 0) is 17.7 Å². The normalized spacial score (nSPS) is 11.7. The van der Waals surface area contributed by atoms with Gasteiger partial charge < -0.3 is 10.1 Å². The minimum absolute atomic E-state index is 0.262. The molecular weight excluding hydrogens is 260 g/mol. The smallest absolute Gasteiger partial charge is 0.261 e. The van der Waals surface area contributed by atoms with E-state index in [2.05, 4.69) is 29.4 Å². The van der Waals surface area contributed by atoms with E-state index in [1.807, 2.05) is 0 Å². The summed E-state index contributed by atoms with van der Waals surface area (Å²) in [5, 5.41) is 13.0. The number of ether oxygens (including phenoxy) is 1. The third-order valence-electron chi connectivity index (χ3n) is 2.04. The molecule has 0 aliphatic heterocycles. The van der Waals surface area contributed by atoms with Crippen LogP contribution in [-0.4, -0.2) is 36.4 Å². The number of hydrogen-bond donors (Lipinski definition) is 1. The van der Waals surface area contributed by atoms with Gasteiger partial charge in [-0.15, -0.1) is 21.5 Å². The van der Waals surface area contributed by atoms with E-state index in [4.69, 9.17) is 4.74 Å². The zero-order valence-electron chi connectivity index (χ0n) is 10.7. The predicted octanol–water partition coefficient (Wildman–Crippen LogP) is 2.11. The minimum Gasteiger partial charge on any atom is -0.375 e. The highest BCUT2D eigenvalue weighted by Crippen LogP contribution is 2.10. The summed E-state index contributed by atoms with van der Waals surface area (Å²) >= 11 is 1.49. The third kappa shape index (κ3) is 6.93. The fourth-order valence-corrected chi connectivity index (χ4v) is 2.06. The van der Waals surface area contributed by atoms with E-state index < -0.39 is 13.0 Å². The first-order valence-corrected chi connectivity index (χ1v) is 6.77. The zero-order chi connectivity index (χ0) is 13.4. The molecule has 0 spiro atoms. The number of nitrogens with one attached hydrogen (secondary N) is 1. The van der Waals surface area contributed by atoms with E-state index in [1.54, 1.807) is 0 Å². The summed E-state index contributed by atoms with van der Waals surface area (Å²) in [4.78, 5) is 0. The average Bonchev–Trinajstić information content (AvgIpc) is 2.72. The monoisotopic (exact) mass is 279 g/mol. The lowest BCUT2D eigenvalue weighted by Gasteiger charge is -2.04. The summed E-state index contributed by atoms with van der Waals surface area (Å²) in [6, 6.07) is 0. The zero-order valence-corrected chi connectivity index (χ0v) is 11.5. The van der Waals surface area contributed by atoms with Gasteiger partial charge in [0, 0.05) is 13.0 Å². The Labute approximate surface area is 110 Å². The lowest BCUT2D eigenvalue weighted by molar-refractivity contribution is 0.0186. The minimum atomic E-state index is -2.41. The van der Waals surface area contributed by atoms with Gasteiger partial charge in [-0.05, 0) is 12.5 Å². The summed E-state index contributed by atoms with van der Waals surface area (Å²) in [5.41, 5.74) is 0. The highest BCUT2D eigenvalue weighted by Gasteiger charge is 2.06. The molecule has 1 aromatic heterocycles. The van der Waals surface area contributed by atoms with Crippen molar-refractivity contribution in [2.45, 2.75) is 33.2 Å². The number of halogens is 2. The second-order valence-electron chi connectivity index (χ2n) is 4.33. The molecule has 104 valence electrons. The second kappa shape index (κ2) is 8.44. The highest BCUT2D eigenvalue weighted by molar-refractivity contribution is 7.11. The molecule has 0 radical (unpaired) electrons. The third-order valence-corrected chi connectivity index (χ3v) is 3.02. The molecule has 0 unspecified atom stereocenters. The van der Waals surface area contributed by atoms with Crippen molar-refractivity contribution >= 4 is 11.3 Å². The van der Waals surface area contributed by atoms with Crippen LogP contribution in [0.25, 0.3) is 0 Å². The molecule has 0 saturated carbocycles. The molecule has 0 saturated heterocycles. The fraction of sp³-hybridized carbons (Fsp3) is 0.818. The Morgan fingerprint density at radius 2 is 2.00 bits per heavy atom. The first kappa shape index (κ1) is 15.4.